The van der Waals surface area contributed by atoms with Gasteiger partial charge in [0, 0.05) is 17.7 Å². The summed E-state index contributed by atoms with van der Waals surface area (Å²) >= 11 is 0. The lowest BCUT2D eigenvalue weighted by atomic mass is 9.89. The van der Waals surface area contributed by atoms with Crippen molar-refractivity contribution in [2.45, 2.75) is 25.9 Å². The summed E-state index contributed by atoms with van der Waals surface area (Å²) in [5.41, 5.74) is 3.71. The Hall–Kier alpha value is -3.73. The van der Waals surface area contributed by atoms with Gasteiger partial charge in [0.05, 0.1) is 12.1 Å². The highest BCUT2D eigenvalue weighted by Crippen LogP contribution is 2.28. The van der Waals surface area contributed by atoms with Gasteiger partial charge in [0.2, 0.25) is 0 Å². The Morgan fingerprint density at radius 3 is 2.20 bits per heavy atom. The largest absolute Gasteiger partial charge is 0.459 e. The van der Waals surface area contributed by atoms with E-state index in [1.807, 2.05) is 79.7 Å². The van der Waals surface area contributed by atoms with E-state index in [9.17, 15) is 9.59 Å². The van der Waals surface area contributed by atoms with Crippen molar-refractivity contribution in [1.82, 2.24) is 9.38 Å². The van der Waals surface area contributed by atoms with Crippen LogP contribution in [0.2, 0.25) is 0 Å². The van der Waals surface area contributed by atoms with Gasteiger partial charge in [0.25, 0.3) is 5.56 Å². The number of hydrogen-bond donors (Lipinski definition) is 0. The molecular formula is C25H22N2O3. The van der Waals surface area contributed by atoms with Crippen LogP contribution in [-0.4, -0.2) is 15.4 Å². The third-order valence-electron chi connectivity index (χ3n) is 5.09. The molecule has 0 aliphatic heterocycles. The summed E-state index contributed by atoms with van der Waals surface area (Å²) in [6, 6.07) is 26.7. The molecule has 30 heavy (non-hydrogen) atoms. The maximum atomic E-state index is 12.6. The zero-order valence-electron chi connectivity index (χ0n) is 16.7. The van der Waals surface area contributed by atoms with Crippen molar-refractivity contribution >= 4 is 11.6 Å². The van der Waals surface area contributed by atoms with Crippen LogP contribution in [0.5, 0.6) is 0 Å². The lowest BCUT2D eigenvalue weighted by molar-refractivity contribution is -0.145. The molecule has 5 heteroatoms. The second-order valence-corrected chi connectivity index (χ2v) is 7.19. The van der Waals surface area contributed by atoms with E-state index < -0.39 is 0 Å². The predicted molar refractivity (Wildman–Crippen MR) is 115 cm³/mol. The molecule has 0 saturated heterocycles. The van der Waals surface area contributed by atoms with Crippen molar-refractivity contribution in [2.24, 2.45) is 0 Å². The standard InChI is InChI=1S/C25H22N2O3/c1-18-9-8-14-23-26-21(15-24(28)27(18)23)17-30-25(29)16-22(19-10-4-2-5-11-19)20-12-6-3-7-13-20/h2-15,22H,16-17H2,1H3. The Labute approximate surface area is 174 Å². The van der Waals surface area contributed by atoms with E-state index in [2.05, 4.69) is 4.98 Å². The molecule has 4 rings (SSSR count). The molecule has 150 valence electrons. The number of aromatic nitrogens is 2. The monoisotopic (exact) mass is 398 g/mol. The van der Waals surface area contributed by atoms with Crippen LogP contribution in [0, 0.1) is 6.92 Å². The van der Waals surface area contributed by atoms with Crippen molar-refractivity contribution in [3.8, 4) is 0 Å². The molecule has 0 radical (unpaired) electrons. The van der Waals surface area contributed by atoms with E-state index in [4.69, 9.17) is 4.74 Å². The van der Waals surface area contributed by atoms with Crippen LogP contribution in [0.3, 0.4) is 0 Å². The Kier molecular flexibility index (Phi) is 5.70. The molecule has 5 nitrogen and oxygen atoms in total. The summed E-state index contributed by atoms with van der Waals surface area (Å²) in [4.78, 5) is 29.5. The average Bonchev–Trinajstić information content (AvgIpc) is 2.77. The first-order valence-corrected chi connectivity index (χ1v) is 9.85. The number of aryl methyl sites for hydroxylation is 1. The maximum Gasteiger partial charge on any atom is 0.307 e. The first kappa shape index (κ1) is 19.6. The van der Waals surface area contributed by atoms with Crippen LogP contribution >= 0.6 is 0 Å². The number of ether oxygens (including phenoxy) is 1. The second kappa shape index (κ2) is 8.74. The van der Waals surface area contributed by atoms with E-state index in [1.54, 1.807) is 6.07 Å². The number of benzene rings is 2. The Balaban J connectivity index is 1.51. The summed E-state index contributed by atoms with van der Waals surface area (Å²) in [7, 11) is 0. The molecule has 0 bridgehead atoms. The smallest absolute Gasteiger partial charge is 0.307 e. The number of carbonyl (C=O) groups is 1. The van der Waals surface area contributed by atoms with Crippen LogP contribution in [0.4, 0.5) is 0 Å². The lowest BCUT2D eigenvalue weighted by Crippen LogP contribution is -2.19. The fraction of sp³-hybridized carbons (Fsp3) is 0.160. The van der Waals surface area contributed by atoms with Crippen molar-refractivity contribution in [3.63, 3.8) is 0 Å². The van der Waals surface area contributed by atoms with Gasteiger partial charge in [0.15, 0.2) is 0 Å². The molecule has 4 aromatic rings. The first-order valence-electron chi connectivity index (χ1n) is 9.85. The van der Waals surface area contributed by atoms with Gasteiger partial charge in [-0.1, -0.05) is 66.7 Å². The van der Waals surface area contributed by atoms with Gasteiger partial charge in [-0.3, -0.25) is 14.0 Å². The fourth-order valence-electron chi connectivity index (χ4n) is 3.62. The summed E-state index contributed by atoms with van der Waals surface area (Å²) in [6.07, 6.45) is 0.208. The maximum absolute atomic E-state index is 12.6. The lowest BCUT2D eigenvalue weighted by Gasteiger charge is -2.17. The molecule has 0 amide bonds. The van der Waals surface area contributed by atoms with Crippen molar-refractivity contribution < 1.29 is 9.53 Å². The zero-order valence-corrected chi connectivity index (χ0v) is 16.7. The van der Waals surface area contributed by atoms with Gasteiger partial charge in [-0.05, 0) is 30.2 Å². The van der Waals surface area contributed by atoms with Crippen molar-refractivity contribution in [1.29, 1.82) is 0 Å². The molecule has 2 aromatic heterocycles. The van der Waals surface area contributed by atoms with Crippen LogP contribution in [0.15, 0.2) is 89.7 Å². The number of hydrogen-bond acceptors (Lipinski definition) is 4. The number of rotatable bonds is 6. The number of carbonyl (C=O) groups excluding carboxylic acids is 1. The minimum absolute atomic E-state index is 0.0329. The molecular weight excluding hydrogens is 376 g/mol. The van der Waals surface area contributed by atoms with Gasteiger partial charge in [-0.25, -0.2) is 4.98 Å². The van der Waals surface area contributed by atoms with Gasteiger partial charge in [-0.2, -0.15) is 0 Å². The Bertz CT molecular complexity index is 1180. The number of esters is 1. The molecule has 2 aromatic carbocycles. The normalized spacial score (nSPS) is 11.0. The molecule has 0 aliphatic carbocycles. The van der Waals surface area contributed by atoms with Crippen LogP contribution in [0.25, 0.3) is 5.65 Å². The third-order valence-corrected chi connectivity index (χ3v) is 5.09. The molecule has 0 saturated carbocycles. The SMILES string of the molecule is Cc1cccc2nc(COC(=O)CC(c3ccccc3)c3ccccc3)cc(=O)n12. The third kappa shape index (κ3) is 4.30. The second-order valence-electron chi connectivity index (χ2n) is 7.19. The quantitative estimate of drug-likeness (QED) is 0.455. The number of fused-ring (bicyclic) bond motifs is 1. The molecule has 0 N–H and O–H groups in total. The van der Waals surface area contributed by atoms with E-state index in [0.717, 1.165) is 16.8 Å². The molecule has 0 unspecified atom stereocenters. The minimum Gasteiger partial charge on any atom is -0.459 e. The zero-order chi connectivity index (χ0) is 20.9. The van der Waals surface area contributed by atoms with E-state index in [0.29, 0.717) is 11.3 Å². The number of nitrogens with zero attached hydrogens (tertiary/aromatic N) is 2. The highest BCUT2D eigenvalue weighted by atomic mass is 16.5. The molecule has 0 spiro atoms. The molecule has 2 heterocycles. The highest BCUT2D eigenvalue weighted by molar-refractivity contribution is 5.71. The molecule has 0 atom stereocenters. The van der Waals surface area contributed by atoms with Crippen LogP contribution in [-0.2, 0) is 16.1 Å². The molecule has 0 aliphatic rings. The summed E-state index contributed by atoms with van der Waals surface area (Å²) < 4.78 is 7.02. The van der Waals surface area contributed by atoms with Gasteiger partial charge >= 0.3 is 5.97 Å². The Morgan fingerprint density at radius 1 is 0.933 bits per heavy atom. The van der Waals surface area contributed by atoms with E-state index in [-0.39, 0.29) is 30.5 Å². The van der Waals surface area contributed by atoms with E-state index in [1.165, 1.54) is 10.5 Å². The topological polar surface area (TPSA) is 60.7 Å². The van der Waals surface area contributed by atoms with Gasteiger partial charge < -0.3 is 4.74 Å². The summed E-state index contributed by atoms with van der Waals surface area (Å²) in [5.74, 6) is -0.434. The minimum atomic E-state index is -0.334. The molecule has 0 fully saturated rings. The fourth-order valence-corrected chi connectivity index (χ4v) is 3.62. The van der Waals surface area contributed by atoms with Crippen LogP contribution < -0.4 is 5.56 Å². The summed E-state index contributed by atoms with van der Waals surface area (Å²) in [6.45, 7) is 1.82. The van der Waals surface area contributed by atoms with Crippen molar-refractivity contribution in [3.05, 3.63) is 118 Å². The van der Waals surface area contributed by atoms with Crippen molar-refractivity contribution in [2.75, 3.05) is 0 Å². The number of pyridine rings is 1. The first-order chi connectivity index (χ1) is 14.6. The Morgan fingerprint density at radius 2 is 1.57 bits per heavy atom. The van der Waals surface area contributed by atoms with E-state index >= 15 is 0 Å². The van der Waals surface area contributed by atoms with Gasteiger partial charge in [-0.15, -0.1) is 0 Å². The summed E-state index contributed by atoms with van der Waals surface area (Å²) in [5, 5.41) is 0. The van der Waals surface area contributed by atoms with Gasteiger partial charge in [0.1, 0.15) is 12.3 Å². The van der Waals surface area contributed by atoms with Crippen LogP contribution in [0.1, 0.15) is 34.9 Å². The average molecular weight is 398 g/mol. The predicted octanol–water partition coefficient (Wildman–Crippen LogP) is 4.27. The highest BCUT2D eigenvalue weighted by Gasteiger charge is 2.19.